The van der Waals surface area contributed by atoms with E-state index in [1.165, 1.54) is 0 Å². The Morgan fingerprint density at radius 1 is 1.50 bits per heavy atom. The number of nitrogens with zero attached hydrogens (tertiary/aromatic N) is 1. The van der Waals surface area contributed by atoms with Gasteiger partial charge in [-0.25, -0.2) is 4.79 Å². The number of hydrogen-bond donors (Lipinski definition) is 0. The summed E-state index contributed by atoms with van der Waals surface area (Å²) >= 11 is 0. The normalized spacial score (nSPS) is 45.0. The first kappa shape index (κ1) is 8.96. The Hall–Kier alpha value is -1.13. The number of carbonyl (C=O) groups excluding carboxylic acids is 1. The van der Waals surface area contributed by atoms with E-state index in [1.807, 2.05) is 17.2 Å². The minimum atomic E-state index is -0.411. The number of hydrogen-bond acceptors (Lipinski definition) is 4. The smallest absolute Gasteiger partial charge is 0.332 e. The van der Waals surface area contributed by atoms with Crippen LogP contribution in [0.5, 0.6) is 0 Å². The molecule has 0 N–H and O–H groups in total. The lowest BCUT2D eigenvalue weighted by molar-refractivity contribution is -0.268. The Bertz CT molecular complexity index is 428. The molecule has 0 aromatic heterocycles. The average Bonchev–Trinajstić information content (AvgIpc) is 2.81. The summed E-state index contributed by atoms with van der Waals surface area (Å²) in [6.07, 6.45) is 8.67. The van der Waals surface area contributed by atoms with Crippen molar-refractivity contribution in [3.63, 3.8) is 0 Å². The van der Waals surface area contributed by atoms with Gasteiger partial charge in [-0.05, 0) is 12.8 Å². The van der Waals surface area contributed by atoms with Gasteiger partial charge in [0.2, 0.25) is 0 Å². The van der Waals surface area contributed by atoms with Crippen molar-refractivity contribution in [2.24, 2.45) is 0 Å². The fourth-order valence-corrected chi connectivity index (χ4v) is 3.42. The first-order valence-electron chi connectivity index (χ1n) is 5.85. The molecule has 0 saturated carbocycles. The van der Waals surface area contributed by atoms with Gasteiger partial charge in [-0.3, -0.25) is 4.84 Å². The molecule has 0 aromatic rings. The molecule has 0 amide bonds. The molecule has 4 nitrogen and oxygen atoms in total. The Balaban J connectivity index is 1.86. The van der Waals surface area contributed by atoms with E-state index in [-0.39, 0.29) is 18.1 Å². The van der Waals surface area contributed by atoms with Gasteiger partial charge >= 0.3 is 5.97 Å². The number of esters is 1. The first-order valence-corrected chi connectivity index (χ1v) is 5.85. The van der Waals surface area contributed by atoms with E-state index in [0.717, 1.165) is 31.4 Å². The van der Waals surface area contributed by atoms with Crippen LogP contribution in [-0.4, -0.2) is 35.3 Å². The minimum Gasteiger partial charge on any atom is -0.449 e. The molecule has 3 atom stereocenters. The summed E-state index contributed by atoms with van der Waals surface area (Å²) in [5.41, 5.74) is 0.625. The number of ether oxygens (including phenoxy) is 1. The van der Waals surface area contributed by atoms with Crippen LogP contribution in [0, 0.1) is 0 Å². The van der Waals surface area contributed by atoms with Gasteiger partial charge in [0.05, 0.1) is 6.04 Å². The van der Waals surface area contributed by atoms with E-state index >= 15 is 0 Å². The molecule has 3 heterocycles. The summed E-state index contributed by atoms with van der Waals surface area (Å²) in [6.45, 7) is 0.946. The third-order valence-electron chi connectivity index (χ3n) is 4.05. The van der Waals surface area contributed by atoms with Crippen LogP contribution in [0.3, 0.4) is 0 Å². The van der Waals surface area contributed by atoms with Crippen molar-refractivity contribution in [2.75, 3.05) is 6.54 Å². The molecule has 16 heavy (non-hydrogen) atoms. The van der Waals surface area contributed by atoms with E-state index in [1.54, 1.807) is 6.08 Å². The maximum absolute atomic E-state index is 11.5. The molecule has 84 valence electrons. The highest BCUT2D eigenvalue weighted by Gasteiger charge is 2.58. The molecule has 0 aromatic carbocycles. The zero-order valence-corrected chi connectivity index (χ0v) is 8.89. The van der Waals surface area contributed by atoms with Crippen LogP contribution in [0.4, 0.5) is 0 Å². The lowest BCUT2D eigenvalue weighted by Crippen LogP contribution is -2.59. The molecule has 2 fully saturated rings. The summed E-state index contributed by atoms with van der Waals surface area (Å²) < 4.78 is 5.63. The lowest BCUT2D eigenvalue weighted by atomic mass is 9.77. The van der Waals surface area contributed by atoms with Crippen LogP contribution in [0.1, 0.15) is 19.3 Å². The summed E-state index contributed by atoms with van der Waals surface area (Å²) in [4.78, 5) is 17.3. The molecule has 3 aliphatic heterocycles. The second-order valence-electron chi connectivity index (χ2n) is 4.92. The summed E-state index contributed by atoms with van der Waals surface area (Å²) in [7, 11) is 0. The van der Waals surface area contributed by atoms with Crippen molar-refractivity contribution >= 4 is 5.97 Å². The number of rotatable bonds is 0. The fourth-order valence-electron chi connectivity index (χ4n) is 3.42. The predicted octanol–water partition coefficient (Wildman–Crippen LogP) is 0.946. The molecule has 4 rings (SSSR count). The average molecular weight is 219 g/mol. The summed E-state index contributed by atoms with van der Waals surface area (Å²) in [5.74, 6) is -0.200. The zero-order valence-electron chi connectivity index (χ0n) is 8.89. The monoisotopic (exact) mass is 219 g/mol. The Kier molecular flexibility index (Phi) is 1.54. The lowest BCUT2D eigenvalue weighted by Gasteiger charge is -2.48. The molecule has 2 bridgehead atoms. The zero-order chi connectivity index (χ0) is 10.8. The molecular formula is C12H13NO3. The minimum absolute atomic E-state index is 0.0670. The van der Waals surface area contributed by atoms with Gasteiger partial charge in [-0.15, -0.1) is 0 Å². The van der Waals surface area contributed by atoms with Gasteiger partial charge in [-0.2, -0.15) is 5.06 Å². The Morgan fingerprint density at radius 3 is 3.38 bits per heavy atom. The summed E-state index contributed by atoms with van der Waals surface area (Å²) in [5, 5.41) is 2.02. The van der Waals surface area contributed by atoms with Gasteiger partial charge in [0.25, 0.3) is 0 Å². The third kappa shape index (κ3) is 0.942. The van der Waals surface area contributed by atoms with E-state index in [9.17, 15) is 4.79 Å². The largest absolute Gasteiger partial charge is 0.449 e. The maximum atomic E-state index is 11.5. The van der Waals surface area contributed by atoms with Crippen LogP contribution in [0.25, 0.3) is 0 Å². The van der Waals surface area contributed by atoms with E-state index in [4.69, 9.17) is 9.57 Å². The fraction of sp³-hybridized carbons (Fsp3) is 0.583. The van der Waals surface area contributed by atoms with Gasteiger partial charge in [0.15, 0.2) is 5.60 Å². The number of hydroxylamine groups is 2. The van der Waals surface area contributed by atoms with E-state index in [0.29, 0.717) is 0 Å². The van der Waals surface area contributed by atoms with Gasteiger partial charge in [0, 0.05) is 24.6 Å². The van der Waals surface area contributed by atoms with Gasteiger partial charge in [0.1, 0.15) is 6.10 Å². The Morgan fingerprint density at radius 2 is 2.44 bits per heavy atom. The van der Waals surface area contributed by atoms with Crippen LogP contribution in [0.15, 0.2) is 23.8 Å². The van der Waals surface area contributed by atoms with E-state index < -0.39 is 5.60 Å². The molecular weight excluding hydrogens is 206 g/mol. The maximum Gasteiger partial charge on any atom is 0.332 e. The van der Waals surface area contributed by atoms with E-state index in [2.05, 4.69) is 0 Å². The number of fused-ring (bicyclic) bond motifs is 2. The molecule has 4 heteroatoms. The highest BCUT2D eigenvalue weighted by molar-refractivity contribution is 5.88. The van der Waals surface area contributed by atoms with Crippen molar-refractivity contribution in [3.05, 3.63) is 23.8 Å². The van der Waals surface area contributed by atoms with Crippen molar-refractivity contribution in [1.82, 2.24) is 5.06 Å². The number of carbonyl (C=O) groups is 1. The highest BCUT2D eigenvalue weighted by atomic mass is 16.7. The molecule has 4 aliphatic rings. The molecule has 2 saturated heterocycles. The summed E-state index contributed by atoms with van der Waals surface area (Å²) in [6, 6.07) is 0.214. The molecule has 1 aliphatic carbocycles. The quantitative estimate of drug-likeness (QED) is 0.568. The topological polar surface area (TPSA) is 38.8 Å². The molecule has 0 radical (unpaired) electrons. The van der Waals surface area contributed by atoms with Crippen molar-refractivity contribution in [2.45, 2.75) is 37.0 Å². The van der Waals surface area contributed by atoms with Crippen molar-refractivity contribution in [1.29, 1.82) is 0 Å². The third-order valence-corrected chi connectivity index (χ3v) is 4.05. The van der Waals surface area contributed by atoms with Crippen LogP contribution >= 0.6 is 0 Å². The van der Waals surface area contributed by atoms with Crippen LogP contribution < -0.4 is 0 Å². The van der Waals surface area contributed by atoms with Crippen LogP contribution in [0.2, 0.25) is 0 Å². The SMILES string of the molecule is O=C1C=C2C=C[C@H]3C[C@]2(O1)[C@H]1CCCN1O3. The standard InChI is InChI=1S/C12H13NO3/c14-11-6-8-3-4-9-7-12(8,15-11)10-2-1-5-13(10)16-9/h3-4,6,9-10H,1-2,5,7H2/t9-,10+,12+/m0/s1. The van der Waals surface area contributed by atoms with Gasteiger partial charge < -0.3 is 4.74 Å². The second kappa shape index (κ2) is 2.76. The Labute approximate surface area is 93.5 Å². The van der Waals surface area contributed by atoms with Crippen molar-refractivity contribution < 1.29 is 14.4 Å². The predicted molar refractivity (Wildman–Crippen MR) is 55.3 cm³/mol. The molecule has 0 unspecified atom stereocenters. The first-order chi connectivity index (χ1) is 7.78. The second-order valence-corrected chi connectivity index (χ2v) is 4.92. The van der Waals surface area contributed by atoms with Crippen LogP contribution in [-0.2, 0) is 14.4 Å². The highest BCUT2D eigenvalue weighted by Crippen LogP contribution is 2.48. The van der Waals surface area contributed by atoms with Crippen molar-refractivity contribution in [3.8, 4) is 0 Å². The van der Waals surface area contributed by atoms with Gasteiger partial charge in [-0.1, -0.05) is 12.2 Å². The molecule has 1 spiro atoms.